The third-order valence-electron chi connectivity index (χ3n) is 5.95. The van der Waals surface area contributed by atoms with Gasteiger partial charge in [-0.3, -0.25) is 0 Å². The quantitative estimate of drug-likeness (QED) is 0.273. The molecule has 8 heteroatoms. The van der Waals surface area contributed by atoms with Gasteiger partial charge in [-0.15, -0.1) is 0 Å². The molecule has 1 heterocycles. The molecule has 36 heavy (non-hydrogen) atoms. The summed E-state index contributed by atoms with van der Waals surface area (Å²) in [7, 11) is -3.99. The Hall–Kier alpha value is -3.94. The molecule has 0 amide bonds. The summed E-state index contributed by atoms with van der Waals surface area (Å²) in [6.07, 6.45) is 0.263. The molecule has 5 rings (SSSR count). The second-order valence-electron chi connectivity index (χ2n) is 8.32. The maximum atomic E-state index is 13.8. The van der Waals surface area contributed by atoms with Gasteiger partial charge >= 0.3 is 5.97 Å². The Morgan fingerprint density at radius 1 is 0.833 bits per heavy atom. The van der Waals surface area contributed by atoms with Gasteiger partial charge in [0.25, 0.3) is 10.0 Å². The Balaban J connectivity index is 1.58. The number of aromatic carboxylic acids is 1. The SMILES string of the molecule is O=C(O)c1ccc(Cc2cc3cc(Cl)ccc3n2S(=O)(=O)c2ccc(-c3ccc(F)cc3)cc2)cc1. The van der Waals surface area contributed by atoms with E-state index in [4.69, 9.17) is 16.7 Å². The van der Waals surface area contributed by atoms with E-state index in [2.05, 4.69) is 0 Å². The van der Waals surface area contributed by atoms with Crippen LogP contribution in [0.2, 0.25) is 5.02 Å². The van der Waals surface area contributed by atoms with Gasteiger partial charge in [-0.2, -0.15) is 0 Å². The number of carbonyl (C=O) groups is 1. The van der Waals surface area contributed by atoms with Gasteiger partial charge in [-0.1, -0.05) is 48.0 Å². The molecule has 0 bridgehead atoms. The predicted molar refractivity (Wildman–Crippen MR) is 138 cm³/mol. The van der Waals surface area contributed by atoms with E-state index in [9.17, 15) is 17.6 Å². The summed E-state index contributed by atoms with van der Waals surface area (Å²) >= 11 is 6.17. The zero-order valence-electron chi connectivity index (χ0n) is 18.7. The van der Waals surface area contributed by atoms with Crippen LogP contribution in [0.3, 0.4) is 0 Å². The monoisotopic (exact) mass is 519 g/mol. The number of hydrogen-bond acceptors (Lipinski definition) is 3. The Kier molecular flexibility index (Phi) is 6.12. The summed E-state index contributed by atoms with van der Waals surface area (Å²) in [5, 5.41) is 10.3. The second-order valence-corrected chi connectivity index (χ2v) is 10.5. The first-order valence-electron chi connectivity index (χ1n) is 11.0. The number of hydrogen-bond donors (Lipinski definition) is 1. The van der Waals surface area contributed by atoms with Crippen molar-refractivity contribution in [1.82, 2.24) is 3.97 Å². The van der Waals surface area contributed by atoms with Crippen LogP contribution in [0.5, 0.6) is 0 Å². The van der Waals surface area contributed by atoms with Crippen molar-refractivity contribution in [3.8, 4) is 11.1 Å². The first kappa shape index (κ1) is 23.8. The first-order valence-corrected chi connectivity index (χ1v) is 12.8. The standard InChI is InChI=1S/C28H19ClFNO4S/c29-23-9-14-27-22(16-23)17-25(15-18-1-3-21(4-2-18)28(32)33)31(27)36(34,35)26-12-7-20(8-13-26)19-5-10-24(30)11-6-19/h1-14,16-17H,15H2,(H,32,33). The highest BCUT2D eigenvalue weighted by molar-refractivity contribution is 7.90. The molecule has 0 atom stereocenters. The number of carboxylic acids is 1. The number of carboxylic acid groups (broad SMARTS) is 1. The van der Waals surface area contributed by atoms with E-state index in [1.165, 1.54) is 40.4 Å². The number of nitrogens with zero attached hydrogens (tertiary/aromatic N) is 1. The van der Waals surface area contributed by atoms with E-state index >= 15 is 0 Å². The Labute approximate surface area is 212 Å². The van der Waals surface area contributed by atoms with Crippen LogP contribution >= 0.6 is 11.6 Å². The molecule has 4 aromatic carbocycles. The van der Waals surface area contributed by atoms with Gasteiger partial charge in [0.1, 0.15) is 5.82 Å². The van der Waals surface area contributed by atoms with Gasteiger partial charge < -0.3 is 5.11 Å². The fourth-order valence-corrected chi connectivity index (χ4v) is 5.89. The molecule has 0 aliphatic carbocycles. The largest absolute Gasteiger partial charge is 0.478 e. The van der Waals surface area contributed by atoms with Gasteiger partial charge in [0, 0.05) is 22.5 Å². The van der Waals surface area contributed by atoms with Crippen LogP contribution in [-0.4, -0.2) is 23.5 Å². The maximum absolute atomic E-state index is 13.8. The summed E-state index contributed by atoms with van der Waals surface area (Å²) in [6.45, 7) is 0. The van der Waals surface area contributed by atoms with E-state index in [-0.39, 0.29) is 22.7 Å². The van der Waals surface area contributed by atoms with Crippen LogP contribution in [0.15, 0.2) is 102 Å². The van der Waals surface area contributed by atoms with Crippen LogP contribution in [0.4, 0.5) is 4.39 Å². The minimum absolute atomic E-state index is 0.100. The zero-order valence-corrected chi connectivity index (χ0v) is 20.3. The van der Waals surface area contributed by atoms with E-state index in [0.717, 1.165) is 16.7 Å². The Morgan fingerprint density at radius 3 is 2.06 bits per heavy atom. The van der Waals surface area contributed by atoms with E-state index in [0.29, 0.717) is 21.6 Å². The highest BCUT2D eigenvalue weighted by atomic mass is 35.5. The van der Waals surface area contributed by atoms with Gasteiger partial charge in [-0.25, -0.2) is 21.6 Å². The summed E-state index contributed by atoms with van der Waals surface area (Å²) in [4.78, 5) is 11.3. The molecule has 0 spiro atoms. The minimum atomic E-state index is -3.99. The van der Waals surface area contributed by atoms with Crippen molar-refractivity contribution in [3.05, 3.63) is 125 Å². The van der Waals surface area contributed by atoms with Crippen LogP contribution in [0, 0.1) is 5.82 Å². The third-order valence-corrected chi connectivity index (χ3v) is 7.96. The van der Waals surface area contributed by atoms with Crippen molar-refractivity contribution >= 4 is 38.5 Å². The second kappa shape index (κ2) is 9.26. The fourth-order valence-electron chi connectivity index (χ4n) is 4.17. The average Bonchev–Trinajstić information content (AvgIpc) is 3.22. The molecular weight excluding hydrogens is 501 g/mol. The number of halogens is 2. The van der Waals surface area contributed by atoms with Gasteiger partial charge in [0.15, 0.2) is 0 Å². The minimum Gasteiger partial charge on any atom is -0.478 e. The van der Waals surface area contributed by atoms with Gasteiger partial charge in [-0.05, 0) is 77.4 Å². The summed E-state index contributed by atoms with van der Waals surface area (Å²) in [6, 6.07) is 25.5. The first-order chi connectivity index (χ1) is 17.2. The molecule has 0 fully saturated rings. The molecular formula is C28H19ClFNO4S. The predicted octanol–water partition coefficient (Wildman–Crippen LogP) is 6.63. The smallest absolute Gasteiger partial charge is 0.335 e. The van der Waals surface area contributed by atoms with Crippen LogP contribution in [-0.2, 0) is 16.4 Å². The lowest BCUT2D eigenvalue weighted by Crippen LogP contribution is -2.16. The molecule has 0 aliphatic rings. The summed E-state index contributed by atoms with van der Waals surface area (Å²) in [5.74, 6) is -1.38. The van der Waals surface area contributed by atoms with Crippen LogP contribution in [0.25, 0.3) is 22.0 Å². The van der Waals surface area contributed by atoms with Crippen molar-refractivity contribution < 1.29 is 22.7 Å². The lowest BCUT2D eigenvalue weighted by molar-refractivity contribution is 0.0697. The molecule has 0 saturated heterocycles. The molecule has 1 N–H and O–H groups in total. The highest BCUT2D eigenvalue weighted by Gasteiger charge is 2.23. The van der Waals surface area contributed by atoms with E-state index in [1.54, 1.807) is 60.7 Å². The Morgan fingerprint density at radius 2 is 1.44 bits per heavy atom. The molecule has 0 unspecified atom stereocenters. The number of rotatable bonds is 6. The van der Waals surface area contributed by atoms with Crippen molar-refractivity contribution in [1.29, 1.82) is 0 Å². The molecule has 5 aromatic rings. The molecule has 0 aliphatic heterocycles. The lowest BCUT2D eigenvalue weighted by Gasteiger charge is -2.13. The highest BCUT2D eigenvalue weighted by Crippen LogP contribution is 2.30. The maximum Gasteiger partial charge on any atom is 0.335 e. The van der Waals surface area contributed by atoms with Crippen molar-refractivity contribution in [2.45, 2.75) is 11.3 Å². The van der Waals surface area contributed by atoms with Crippen LogP contribution in [0.1, 0.15) is 21.6 Å². The number of benzene rings is 4. The topological polar surface area (TPSA) is 76.4 Å². The van der Waals surface area contributed by atoms with Crippen molar-refractivity contribution in [2.75, 3.05) is 0 Å². The van der Waals surface area contributed by atoms with Crippen molar-refractivity contribution in [2.24, 2.45) is 0 Å². The number of fused-ring (bicyclic) bond motifs is 1. The third kappa shape index (κ3) is 4.51. The molecule has 0 saturated carbocycles. The van der Waals surface area contributed by atoms with Crippen molar-refractivity contribution in [3.63, 3.8) is 0 Å². The van der Waals surface area contributed by atoms with Gasteiger partial charge in [0.05, 0.1) is 16.0 Å². The average molecular weight is 520 g/mol. The van der Waals surface area contributed by atoms with E-state index < -0.39 is 16.0 Å². The van der Waals surface area contributed by atoms with E-state index in [1.807, 2.05) is 0 Å². The molecule has 180 valence electrons. The number of aromatic nitrogens is 1. The molecule has 1 aromatic heterocycles. The Bertz CT molecular complexity index is 1690. The zero-order chi connectivity index (χ0) is 25.4. The fraction of sp³-hybridized carbons (Fsp3) is 0.0357. The summed E-state index contributed by atoms with van der Waals surface area (Å²) in [5.41, 5.74) is 3.44. The normalized spacial score (nSPS) is 11.6. The lowest BCUT2D eigenvalue weighted by atomic mass is 10.1. The molecule has 0 radical (unpaired) electrons. The van der Waals surface area contributed by atoms with Gasteiger partial charge in [0.2, 0.25) is 0 Å². The van der Waals surface area contributed by atoms with Crippen LogP contribution < -0.4 is 0 Å². The summed E-state index contributed by atoms with van der Waals surface area (Å²) < 4.78 is 42.3. The molecule has 5 nitrogen and oxygen atoms in total.